The van der Waals surface area contributed by atoms with Crippen molar-refractivity contribution in [2.24, 2.45) is 0 Å². The first-order valence-corrected chi connectivity index (χ1v) is 7.77. The molecule has 1 rings (SSSR count). The molecule has 0 spiro atoms. The molecule has 5 heteroatoms. The third-order valence-electron chi connectivity index (χ3n) is 2.77. The van der Waals surface area contributed by atoms with E-state index >= 15 is 0 Å². The third-order valence-corrected chi connectivity index (χ3v) is 4.68. The summed E-state index contributed by atoms with van der Waals surface area (Å²) in [7, 11) is -1.76. The van der Waals surface area contributed by atoms with E-state index in [1.807, 2.05) is 19.9 Å². The number of hydrogen-bond donors (Lipinski definition) is 1. The molecule has 1 aromatic carbocycles. The summed E-state index contributed by atoms with van der Waals surface area (Å²) in [6.07, 6.45) is 1.85. The Balaban J connectivity index is 3.04. The first-order valence-electron chi connectivity index (χ1n) is 6.33. The minimum atomic E-state index is -3.39. The third kappa shape index (κ3) is 3.46. The molecule has 0 unspecified atom stereocenters. The van der Waals surface area contributed by atoms with Crippen molar-refractivity contribution in [3.63, 3.8) is 0 Å². The Bertz CT molecular complexity index is 472. The van der Waals surface area contributed by atoms with Crippen molar-refractivity contribution in [3.05, 3.63) is 24.3 Å². The molecule has 0 aliphatic rings. The highest BCUT2D eigenvalue weighted by molar-refractivity contribution is 7.89. The van der Waals surface area contributed by atoms with Crippen LogP contribution in [0.3, 0.4) is 0 Å². The average molecular weight is 270 g/mol. The number of unbranched alkanes of at least 4 members (excludes halogenated alkanes) is 1. The molecule has 0 aliphatic heterocycles. The second-order valence-corrected chi connectivity index (χ2v) is 6.22. The Hall–Kier alpha value is -1.07. The Morgan fingerprint density at radius 3 is 2.50 bits per heavy atom. The van der Waals surface area contributed by atoms with Gasteiger partial charge in [0.2, 0.25) is 10.0 Å². The lowest BCUT2D eigenvalue weighted by Crippen LogP contribution is -2.28. The van der Waals surface area contributed by atoms with E-state index in [0.29, 0.717) is 23.7 Å². The number of nitrogens with one attached hydrogen (secondary N) is 1. The molecule has 18 heavy (non-hydrogen) atoms. The molecule has 0 aromatic heterocycles. The standard InChI is InChI=1S/C13H22N2O2S/c1-4-6-11-15(3)18(16,17)13-10-8-7-9-12(13)14-5-2/h7-10,14H,4-6,11H2,1-3H3. The van der Waals surface area contributed by atoms with Crippen LogP contribution in [0.25, 0.3) is 0 Å². The maximum Gasteiger partial charge on any atom is 0.244 e. The largest absolute Gasteiger partial charge is 0.384 e. The molecule has 0 aliphatic carbocycles. The van der Waals surface area contributed by atoms with E-state index in [1.54, 1.807) is 25.2 Å². The van der Waals surface area contributed by atoms with Gasteiger partial charge in [0.15, 0.2) is 0 Å². The summed E-state index contributed by atoms with van der Waals surface area (Å²) in [6.45, 7) is 5.25. The molecule has 0 atom stereocenters. The molecule has 0 bridgehead atoms. The van der Waals surface area contributed by atoms with Crippen LogP contribution in [-0.4, -0.2) is 32.9 Å². The summed E-state index contributed by atoms with van der Waals surface area (Å²) in [5.74, 6) is 0. The van der Waals surface area contributed by atoms with Gasteiger partial charge in [0, 0.05) is 20.1 Å². The Kier molecular flexibility index (Phi) is 5.62. The quantitative estimate of drug-likeness (QED) is 0.828. The van der Waals surface area contributed by atoms with Gasteiger partial charge in [-0.2, -0.15) is 0 Å². The van der Waals surface area contributed by atoms with Crippen molar-refractivity contribution in [2.45, 2.75) is 31.6 Å². The molecule has 0 saturated carbocycles. The summed E-state index contributed by atoms with van der Waals surface area (Å²) in [4.78, 5) is 0.352. The van der Waals surface area contributed by atoms with Gasteiger partial charge in [-0.1, -0.05) is 25.5 Å². The summed E-state index contributed by atoms with van der Waals surface area (Å²) >= 11 is 0. The zero-order chi connectivity index (χ0) is 13.6. The predicted octanol–water partition coefficient (Wildman–Crippen LogP) is 2.54. The fourth-order valence-electron chi connectivity index (χ4n) is 1.70. The fourth-order valence-corrected chi connectivity index (χ4v) is 3.07. The molecule has 102 valence electrons. The second kappa shape index (κ2) is 6.75. The van der Waals surface area contributed by atoms with Gasteiger partial charge in [0.25, 0.3) is 0 Å². The van der Waals surface area contributed by atoms with Crippen LogP contribution in [0.5, 0.6) is 0 Å². The molecular formula is C13H22N2O2S. The molecule has 1 aromatic rings. The summed E-state index contributed by atoms with van der Waals surface area (Å²) in [5.41, 5.74) is 0.670. The first kappa shape index (κ1) is 15.0. The number of para-hydroxylation sites is 1. The van der Waals surface area contributed by atoms with Gasteiger partial charge in [-0.3, -0.25) is 0 Å². The average Bonchev–Trinajstić information content (AvgIpc) is 2.36. The Morgan fingerprint density at radius 2 is 1.89 bits per heavy atom. The molecule has 0 saturated heterocycles. The lowest BCUT2D eigenvalue weighted by atomic mass is 10.3. The minimum Gasteiger partial charge on any atom is -0.384 e. The van der Waals surface area contributed by atoms with Crippen LogP contribution >= 0.6 is 0 Å². The van der Waals surface area contributed by atoms with Crippen molar-refractivity contribution >= 4 is 15.7 Å². The Morgan fingerprint density at radius 1 is 1.22 bits per heavy atom. The predicted molar refractivity (Wildman–Crippen MR) is 75.3 cm³/mol. The number of rotatable bonds is 7. The fraction of sp³-hybridized carbons (Fsp3) is 0.538. The van der Waals surface area contributed by atoms with Gasteiger partial charge in [-0.25, -0.2) is 12.7 Å². The van der Waals surface area contributed by atoms with E-state index in [1.165, 1.54) is 4.31 Å². The van der Waals surface area contributed by atoms with E-state index in [9.17, 15) is 8.42 Å². The van der Waals surface area contributed by atoms with Crippen LogP contribution in [0.4, 0.5) is 5.69 Å². The lowest BCUT2D eigenvalue weighted by molar-refractivity contribution is 0.459. The van der Waals surface area contributed by atoms with Crippen LogP contribution in [-0.2, 0) is 10.0 Å². The van der Waals surface area contributed by atoms with E-state index in [0.717, 1.165) is 12.8 Å². The topological polar surface area (TPSA) is 49.4 Å². The van der Waals surface area contributed by atoms with Crippen molar-refractivity contribution < 1.29 is 8.42 Å². The van der Waals surface area contributed by atoms with Gasteiger partial charge < -0.3 is 5.32 Å². The van der Waals surface area contributed by atoms with Gasteiger partial charge in [0.05, 0.1) is 5.69 Å². The number of anilines is 1. The number of benzene rings is 1. The van der Waals surface area contributed by atoms with E-state index in [2.05, 4.69) is 5.32 Å². The molecule has 4 nitrogen and oxygen atoms in total. The maximum absolute atomic E-state index is 12.4. The first-order chi connectivity index (χ1) is 8.54. The van der Waals surface area contributed by atoms with Crippen LogP contribution < -0.4 is 5.32 Å². The molecule has 1 N–H and O–H groups in total. The highest BCUT2D eigenvalue weighted by atomic mass is 32.2. The molecule has 0 heterocycles. The van der Waals surface area contributed by atoms with Gasteiger partial charge in [-0.15, -0.1) is 0 Å². The van der Waals surface area contributed by atoms with Crippen molar-refractivity contribution in [3.8, 4) is 0 Å². The number of nitrogens with zero attached hydrogens (tertiary/aromatic N) is 1. The normalized spacial score (nSPS) is 11.8. The number of sulfonamides is 1. The van der Waals surface area contributed by atoms with Gasteiger partial charge in [0.1, 0.15) is 4.90 Å². The molecule has 0 fully saturated rings. The van der Waals surface area contributed by atoms with Crippen LogP contribution in [0.1, 0.15) is 26.7 Å². The molecular weight excluding hydrogens is 248 g/mol. The van der Waals surface area contributed by atoms with Crippen LogP contribution in [0.15, 0.2) is 29.2 Å². The van der Waals surface area contributed by atoms with Crippen molar-refractivity contribution in [1.29, 1.82) is 0 Å². The van der Waals surface area contributed by atoms with Crippen molar-refractivity contribution in [2.75, 3.05) is 25.5 Å². The Labute approximate surface area is 110 Å². The lowest BCUT2D eigenvalue weighted by Gasteiger charge is -2.19. The van der Waals surface area contributed by atoms with Gasteiger partial charge in [-0.05, 0) is 25.5 Å². The molecule has 0 amide bonds. The van der Waals surface area contributed by atoms with E-state index in [-0.39, 0.29) is 0 Å². The van der Waals surface area contributed by atoms with E-state index in [4.69, 9.17) is 0 Å². The highest BCUT2D eigenvalue weighted by Gasteiger charge is 2.22. The summed E-state index contributed by atoms with van der Waals surface area (Å²) in [5, 5.41) is 3.09. The summed E-state index contributed by atoms with van der Waals surface area (Å²) < 4.78 is 26.3. The zero-order valence-electron chi connectivity index (χ0n) is 11.3. The van der Waals surface area contributed by atoms with E-state index < -0.39 is 10.0 Å². The smallest absolute Gasteiger partial charge is 0.244 e. The van der Waals surface area contributed by atoms with Crippen LogP contribution in [0, 0.1) is 0 Å². The monoisotopic (exact) mass is 270 g/mol. The SMILES string of the molecule is CCCCN(C)S(=O)(=O)c1ccccc1NCC. The number of hydrogen-bond acceptors (Lipinski definition) is 3. The van der Waals surface area contributed by atoms with Crippen molar-refractivity contribution in [1.82, 2.24) is 4.31 Å². The highest BCUT2D eigenvalue weighted by Crippen LogP contribution is 2.23. The van der Waals surface area contributed by atoms with Crippen LogP contribution in [0.2, 0.25) is 0 Å². The molecule has 0 radical (unpaired) electrons. The minimum absolute atomic E-state index is 0.352. The maximum atomic E-state index is 12.4. The van der Waals surface area contributed by atoms with Gasteiger partial charge >= 0.3 is 0 Å². The summed E-state index contributed by atoms with van der Waals surface area (Å²) in [6, 6.07) is 7.03. The second-order valence-electron chi connectivity index (χ2n) is 4.21. The zero-order valence-corrected chi connectivity index (χ0v) is 12.1.